The summed E-state index contributed by atoms with van der Waals surface area (Å²) in [5.74, 6) is -0.0552. The van der Waals surface area contributed by atoms with E-state index in [1.54, 1.807) is 24.3 Å². The summed E-state index contributed by atoms with van der Waals surface area (Å²) in [6, 6.07) is 14.6. The lowest BCUT2D eigenvalue weighted by Crippen LogP contribution is -2.45. The lowest BCUT2D eigenvalue weighted by atomic mass is 10.0. The molecule has 5 nitrogen and oxygen atoms in total. The molecule has 1 aliphatic rings. The SMILES string of the molecule is CC(C)c1ccc(NC(=O)[C@@H]2Oc3ccccc3NC2=O)cc1. The molecule has 23 heavy (non-hydrogen) atoms. The van der Waals surface area contributed by atoms with E-state index in [1.165, 1.54) is 5.56 Å². The van der Waals surface area contributed by atoms with Gasteiger partial charge < -0.3 is 15.4 Å². The van der Waals surface area contributed by atoms with Gasteiger partial charge in [-0.1, -0.05) is 38.1 Å². The molecule has 2 aromatic carbocycles. The smallest absolute Gasteiger partial charge is 0.275 e. The average Bonchev–Trinajstić information content (AvgIpc) is 2.54. The van der Waals surface area contributed by atoms with Crippen molar-refractivity contribution in [1.29, 1.82) is 0 Å². The summed E-state index contributed by atoms with van der Waals surface area (Å²) in [5, 5.41) is 5.39. The summed E-state index contributed by atoms with van der Waals surface area (Å²) in [4.78, 5) is 24.3. The topological polar surface area (TPSA) is 67.4 Å². The van der Waals surface area contributed by atoms with Gasteiger partial charge in [-0.15, -0.1) is 0 Å². The zero-order chi connectivity index (χ0) is 16.4. The van der Waals surface area contributed by atoms with Gasteiger partial charge in [-0.2, -0.15) is 0 Å². The number of ether oxygens (including phenoxy) is 1. The Hall–Kier alpha value is -2.82. The van der Waals surface area contributed by atoms with Gasteiger partial charge in [-0.25, -0.2) is 0 Å². The van der Waals surface area contributed by atoms with Crippen molar-refractivity contribution in [3.05, 3.63) is 54.1 Å². The highest BCUT2D eigenvalue weighted by atomic mass is 16.5. The molecule has 0 radical (unpaired) electrons. The normalized spacial score (nSPS) is 16.3. The molecule has 0 unspecified atom stereocenters. The highest BCUT2D eigenvalue weighted by Gasteiger charge is 2.33. The first-order chi connectivity index (χ1) is 11.0. The van der Waals surface area contributed by atoms with Crippen LogP contribution in [0.15, 0.2) is 48.5 Å². The van der Waals surface area contributed by atoms with Crippen molar-refractivity contribution >= 4 is 23.2 Å². The number of rotatable bonds is 3. The quantitative estimate of drug-likeness (QED) is 0.856. The average molecular weight is 310 g/mol. The van der Waals surface area contributed by atoms with Crippen LogP contribution in [0.4, 0.5) is 11.4 Å². The lowest BCUT2D eigenvalue weighted by molar-refractivity contribution is -0.133. The fraction of sp³-hybridized carbons (Fsp3) is 0.222. The van der Waals surface area contributed by atoms with Crippen LogP contribution in [-0.4, -0.2) is 17.9 Å². The number of para-hydroxylation sites is 2. The van der Waals surface area contributed by atoms with Crippen LogP contribution in [0.3, 0.4) is 0 Å². The molecule has 0 saturated carbocycles. The zero-order valence-corrected chi connectivity index (χ0v) is 13.0. The summed E-state index contributed by atoms with van der Waals surface area (Å²) in [5.41, 5.74) is 2.39. The third-order valence-electron chi connectivity index (χ3n) is 3.71. The Bertz CT molecular complexity index is 738. The first-order valence-electron chi connectivity index (χ1n) is 7.52. The first kappa shape index (κ1) is 15.1. The molecule has 1 heterocycles. The molecule has 1 aliphatic heterocycles. The van der Waals surface area contributed by atoms with Crippen LogP contribution in [0.1, 0.15) is 25.3 Å². The van der Waals surface area contributed by atoms with Crippen LogP contribution in [0, 0.1) is 0 Å². The van der Waals surface area contributed by atoms with E-state index in [0.29, 0.717) is 23.0 Å². The van der Waals surface area contributed by atoms with Crippen molar-refractivity contribution in [3.63, 3.8) is 0 Å². The van der Waals surface area contributed by atoms with Crippen molar-refractivity contribution in [2.75, 3.05) is 10.6 Å². The van der Waals surface area contributed by atoms with Gasteiger partial charge in [0.25, 0.3) is 17.9 Å². The molecule has 5 heteroatoms. The molecule has 0 aliphatic carbocycles. The van der Waals surface area contributed by atoms with Crippen LogP contribution in [0.5, 0.6) is 5.75 Å². The van der Waals surface area contributed by atoms with Gasteiger partial charge in [0.15, 0.2) is 0 Å². The molecule has 3 rings (SSSR count). The van der Waals surface area contributed by atoms with Gasteiger partial charge in [0.1, 0.15) is 5.75 Å². The Labute approximate surface area is 134 Å². The molecule has 118 valence electrons. The third-order valence-corrected chi connectivity index (χ3v) is 3.71. The highest BCUT2D eigenvalue weighted by molar-refractivity contribution is 6.15. The lowest BCUT2D eigenvalue weighted by Gasteiger charge is -2.24. The molecule has 2 N–H and O–H groups in total. The third kappa shape index (κ3) is 3.18. The predicted octanol–water partition coefficient (Wildman–Crippen LogP) is 3.15. The fourth-order valence-corrected chi connectivity index (χ4v) is 2.38. The molecule has 0 spiro atoms. The maximum Gasteiger partial charge on any atom is 0.275 e. The number of carbonyl (C=O) groups is 2. The minimum absolute atomic E-state index is 0.420. The van der Waals surface area contributed by atoms with E-state index in [0.717, 1.165) is 0 Å². The van der Waals surface area contributed by atoms with E-state index in [4.69, 9.17) is 4.74 Å². The highest BCUT2D eigenvalue weighted by Crippen LogP contribution is 2.29. The Kier molecular flexibility index (Phi) is 4.02. The molecule has 2 aromatic rings. The van der Waals surface area contributed by atoms with Crippen molar-refractivity contribution in [2.45, 2.75) is 25.9 Å². The van der Waals surface area contributed by atoms with Crippen molar-refractivity contribution in [1.82, 2.24) is 0 Å². The van der Waals surface area contributed by atoms with Crippen LogP contribution in [0.25, 0.3) is 0 Å². The number of benzene rings is 2. The largest absolute Gasteiger partial charge is 0.468 e. The second kappa shape index (κ2) is 6.12. The van der Waals surface area contributed by atoms with Crippen LogP contribution in [-0.2, 0) is 9.59 Å². The zero-order valence-electron chi connectivity index (χ0n) is 13.0. The summed E-state index contributed by atoms with van der Waals surface area (Å²) >= 11 is 0. The van der Waals surface area contributed by atoms with Gasteiger partial charge in [0.05, 0.1) is 5.69 Å². The van der Waals surface area contributed by atoms with Gasteiger partial charge >= 0.3 is 0 Å². The van der Waals surface area contributed by atoms with Crippen molar-refractivity contribution in [2.24, 2.45) is 0 Å². The van der Waals surface area contributed by atoms with Gasteiger partial charge in [-0.3, -0.25) is 9.59 Å². The Balaban J connectivity index is 1.72. The summed E-state index contributed by atoms with van der Waals surface area (Å²) in [6.45, 7) is 4.20. The first-order valence-corrected chi connectivity index (χ1v) is 7.52. The van der Waals surface area contributed by atoms with E-state index in [-0.39, 0.29) is 0 Å². The number of hydrogen-bond acceptors (Lipinski definition) is 3. The molecule has 2 amide bonds. The minimum Gasteiger partial charge on any atom is -0.468 e. The van der Waals surface area contributed by atoms with E-state index in [9.17, 15) is 9.59 Å². The number of hydrogen-bond donors (Lipinski definition) is 2. The Morgan fingerprint density at radius 1 is 1.13 bits per heavy atom. The van der Waals surface area contributed by atoms with Crippen molar-refractivity contribution < 1.29 is 14.3 Å². The van der Waals surface area contributed by atoms with E-state index < -0.39 is 17.9 Å². The minimum atomic E-state index is -1.20. The summed E-state index contributed by atoms with van der Waals surface area (Å²) in [6.07, 6.45) is -1.20. The van der Waals surface area contributed by atoms with E-state index in [2.05, 4.69) is 24.5 Å². The molecular formula is C18H18N2O3. The van der Waals surface area contributed by atoms with Gasteiger partial charge in [-0.05, 0) is 35.7 Å². The molecule has 0 bridgehead atoms. The van der Waals surface area contributed by atoms with Crippen molar-refractivity contribution in [3.8, 4) is 5.75 Å². The molecule has 0 aromatic heterocycles. The predicted molar refractivity (Wildman–Crippen MR) is 88.6 cm³/mol. The summed E-state index contributed by atoms with van der Waals surface area (Å²) in [7, 11) is 0. The number of carbonyl (C=O) groups excluding carboxylic acids is 2. The van der Waals surface area contributed by atoms with Gasteiger partial charge in [0, 0.05) is 5.69 Å². The number of nitrogens with one attached hydrogen (secondary N) is 2. The monoisotopic (exact) mass is 310 g/mol. The standard InChI is InChI=1S/C18H18N2O3/c1-11(2)12-7-9-13(10-8-12)19-17(21)16-18(22)20-14-5-3-4-6-15(14)23-16/h3-11,16H,1-2H3,(H,19,21)(H,20,22)/t16-/m0/s1. The Morgan fingerprint density at radius 3 is 2.52 bits per heavy atom. The Morgan fingerprint density at radius 2 is 1.83 bits per heavy atom. The second-order valence-electron chi connectivity index (χ2n) is 5.75. The maximum atomic E-state index is 12.3. The van der Waals surface area contributed by atoms with Crippen LogP contribution >= 0.6 is 0 Å². The molecular weight excluding hydrogens is 292 g/mol. The molecule has 0 fully saturated rings. The maximum absolute atomic E-state index is 12.3. The second-order valence-corrected chi connectivity index (χ2v) is 5.75. The fourth-order valence-electron chi connectivity index (χ4n) is 2.38. The van der Waals surface area contributed by atoms with E-state index in [1.807, 2.05) is 24.3 Å². The number of anilines is 2. The van der Waals surface area contributed by atoms with Gasteiger partial charge in [0.2, 0.25) is 0 Å². The number of fused-ring (bicyclic) bond motifs is 1. The van der Waals surface area contributed by atoms with E-state index >= 15 is 0 Å². The molecule has 0 saturated heterocycles. The summed E-state index contributed by atoms with van der Waals surface area (Å²) < 4.78 is 5.52. The van der Waals surface area contributed by atoms with Crippen LogP contribution in [0.2, 0.25) is 0 Å². The number of amides is 2. The molecule has 1 atom stereocenters. The van der Waals surface area contributed by atoms with Crippen LogP contribution < -0.4 is 15.4 Å².